The number of amides is 3. The topological polar surface area (TPSA) is 141 Å². The van der Waals surface area contributed by atoms with Crippen LogP contribution in [0.1, 0.15) is 19.8 Å². The van der Waals surface area contributed by atoms with Crippen LogP contribution in [0.4, 0.5) is 0 Å². The van der Waals surface area contributed by atoms with E-state index < -0.39 is 29.8 Å². The Bertz CT molecular complexity index is 267. The Hall–Kier alpha value is -1.63. The van der Waals surface area contributed by atoms with E-state index in [2.05, 4.69) is 5.32 Å². The number of rotatable bonds is 6. The van der Waals surface area contributed by atoms with E-state index in [0.29, 0.717) is 0 Å². The summed E-state index contributed by atoms with van der Waals surface area (Å²) in [5.74, 6) is -1.70. The molecule has 7 N–H and O–H groups in total. The molecule has 0 bridgehead atoms. The molecule has 0 saturated carbocycles. The molecule has 0 aromatic rings. The molecule has 7 nitrogen and oxygen atoms in total. The van der Waals surface area contributed by atoms with Gasteiger partial charge in [0.15, 0.2) is 0 Å². The predicted octanol–water partition coefficient (Wildman–Crippen LogP) is -2.43. The average Bonchev–Trinajstić information content (AvgIpc) is 2.13. The second-order valence-electron chi connectivity index (χ2n) is 3.24. The third-order valence-corrected chi connectivity index (χ3v) is 1.82. The molecular weight excluding hydrogens is 200 g/mol. The number of nitrogens with one attached hydrogen (secondary N) is 1. The predicted molar refractivity (Wildman–Crippen MR) is 53.2 cm³/mol. The van der Waals surface area contributed by atoms with E-state index >= 15 is 0 Å². The summed E-state index contributed by atoms with van der Waals surface area (Å²) in [5.41, 5.74) is 15.3. The molecule has 7 heteroatoms. The van der Waals surface area contributed by atoms with Gasteiger partial charge in [0.2, 0.25) is 17.7 Å². The van der Waals surface area contributed by atoms with Gasteiger partial charge < -0.3 is 22.5 Å². The summed E-state index contributed by atoms with van der Waals surface area (Å²) in [6, 6.07) is -1.64. The Labute approximate surface area is 87.3 Å². The molecule has 0 aliphatic carbocycles. The van der Waals surface area contributed by atoms with Crippen molar-refractivity contribution in [1.29, 1.82) is 0 Å². The summed E-state index contributed by atoms with van der Waals surface area (Å²) in [7, 11) is 0. The van der Waals surface area contributed by atoms with Crippen LogP contribution in [0.2, 0.25) is 0 Å². The van der Waals surface area contributed by atoms with Crippen LogP contribution >= 0.6 is 0 Å². The smallest absolute Gasteiger partial charge is 0.239 e. The zero-order valence-corrected chi connectivity index (χ0v) is 8.53. The summed E-state index contributed by atoms with van der Waals surface area (Å²) in [4.78, 5) is 32.3. The molecule has 0 spiro atoms. The van der Waals surface area contributed by atoms with Gasteiger partial charge in [-0.2, -0.15) is 0 Å². The molecule has 0 aliphatic rings. The van der Waals surface area contributed by atoms with Gasteiger partial charge in [0, 0.05) is 6.42 Å². The normalized spacial score (nSPS) is 14.0. The van der Waals surface area contributed by atoms with Gasteiger partial charge in [-0.3, -0.25) is 14.4 Å². The Balaban J connectivity index is 3.99. The van der Waals surface area contributed by atoms with E-state index in [4.69, 9.17) is 17.2 Å². The van der Waals surface area contributed by atoms with E-state index in [-0.39, 0.29) is 12.8 Å². The molecular formula is C8H16N4O3. The van der Waals surface area contributed by atoms with Gasteiger partial charge in [-0.25, -0.2) is 0 Å². The molecule has 0 saturated heterocycles. The van der Waals surface area contributed by atoms with Crippen LogP contribution in [0, 0.1) is 0 Å². The first-order chi connectivity index (χ1) is 6.84. The third kappa shape index (κ3) is 5.63. The van der Waals surface area contributed by atoms with E-state index in [1.54, 1.807) is 0 Å². The lowest BCUT2D eigenvalue weighted by molar-refractivity contribution is -0.128. The molecule has 0 heterocycles. The first-order valence-electron chi connectivity index (χ1n) is 4.48. The molecule has 0 aromatic carbocycles. The zero-order chi connectivity index (χ0) is 12.0. The molecule has 0 unspecified atom stereocenters. The first-order valence-corrected chi connectivity index (χ1v) is 4.48. The maximum atomic E-state index is 11.3. The number of hydrogen-bond donors (Lipinski definition) is 4. The van der Waals surface area contributed by atoms with Gasteiger partial charge in [0.05, 0.1) is 6.04 Å². The third-order valence-electron chi connectivity index (χ3n) is 1.82. The Morgan fingerprint density at radius 2 is 1.80 bits per heavy atom. The van der Waals surface area contributed by atoms with Crippen LogP contribution in [0.25, 0.3) is 0 Å². The minimum Gasteiger partial charge on any atom is -0.370 e. The van der Waals surface area contributed by atoms with Crippen LogP contribution in [0.3, 0.4) is 0 Å². The van der Waals surface area contributed by atoms with Gasteiger partial charge in [0.1, 0.15) is 6.04 Å². The fourth-order valence-corrected chi connectivity index (χ4v) is 0.820. The minimum absolute atomic E-state index is 0.0273. The largest absolute Gasteiger partial charge is 0.370 e. The number of hydrogen-bond acceptors (Lipinski definition) is 4. The molecule has 2 atom stereocenters. The van der Waals surface area contributed by atoms with Crippen molar-refractivity contribution in [2.75, 3.05) is 0 Å². The lowest BCUT2D eigenvalue weighted by atomic mass is 10.1. The van der Waals surface area contributed by atoms with Crippen molar-refractivity contribution in [2.24, 2.45) is 17.2 Å². The van der Waals surface area contributed by atoms with Gasteiger partial charge in [-0.05, 0) is 13.3 Å². The number of carbonyl (C=O) groups excluding carboxylic acids is 3. The zero-order valence-electron chi connectivity index (χ0n) is 8.53. The first kappa shape index (κ1) is 13.4. The highest BCUT2D eigenvalue weighted by atomic mass is 16.2. The van der Waals surface area contributed by atoms with E-state index in [1.807, 2.05) is 0 Å². The van der Waals surface area contributed by atoms with E-state index in [9.17, 15) is 14.4 Å². The van der Waals surface area contributed by atoms with Crippen molar-refractivity contribution in [3.8, 4) is 0 Å². The van der Waals surface area contributed by atoms with Crippen LogP contribution in [0.5, 0.6) is 0 Å². The van der Waals surface area contributed by atoms with Gasteiger partial charge in [-0.1, -0.05) is 0 Å². The molecule has 3 amide bonds. The lowest BCUT2D eigenvalue weighted by Gasteiger charge is -2.14. The monoisotopic (exact) mass is 216 g/mol. The van der Waals surface area contributed by atoms with Crippen LogP contribution < -0.4 is 22.5 Å². The molecule has 15 heavy (non-hydrogen) atoms. The molecule has 0 aliphatic heterocycles. The van der Waals surface area contributed by atoms with Gasteiger partial charge in [-0.15, -0.1) is 0 Å². The SMILES string of the molecule is C[C@H](NC(=O)[C@@H](N)CCC(N)=O)C(N)=O. The summed E-state index contributed by atoms with van der Waals surface area (Å²) >= 11 is 0. The molecule has 0 fully saturated rings. The average molecular weight is 216 g/mol. The van der Waals surface area contributed by atoms with Crippen molar-refractivity contribution in [3.63, 3.8) is 0 Å². The molecule has 0 rings (SSSR count). The molecule has 0 radical (unpaired) electrons. The fourth-order valence-electron chi connectivity index (χ4n) is 0.820. The second-order valence-corrected chi connectivity index (χ2v) is 3.24. The molecule has 0 aromatic heterocycles. The summed E-state index contributed by atoms with van der Waals surface area (Å²) < 4.78 is 0. The van der Waals surface area contributed by atoms with Crippen LogP contribution in [0.15, 0.2) is 0 Å². The molecule has 86 valence electrons. The van der Waals surface area contributed by atoms with Crippen molar-refractivity contribution in [3.05, 3.63) is 0 Å². The van der Waals surface area contributed by atoms with E-state index in [0.717, 1.165) is 0 Å². The number of primary amides is 2. The standard InChI is InChI=1S/C8H16N4O3/c1-4(7(11)14)12-8(15)5(9)2-3-6(10)13/h4-5H,2-3,9H2,1H3,(H2,10,13)(H2,11,14)(H,12,15)/t4-,5-/m0/s1. The van der Waals surface area contributed by atoms with Crippen LogP contribution in [-0.4, -0.2) is 29.8 Å². The second kappa shape index (κ2) is 5.97. The highest BCUT2D eigenvalue weighted by Crippen LogP contribution is 1.94. The maximum Gasteiger partial charge on any atom is 0.239 e. The lowest BCUT2D eigenvalue weighted by Crippen LogP contribution is -2.49. The maximum absolute atomic E-state index is 11.3. The van der Waals surface area contributed by atoms with Crippen LogP contribution in [-0.2, 0) is 14.4 Å². The van der Waals surface area contributed by atoms with Crippen molar-refractivity contribution < 1.29 is 14.4 Å². The van der Waals surface area contributed by atoms with Crippen molar-refractivity contribution in [2.45, 2.75) is 31.8 Å². The quantitative estimate of drug-likeness (QED) is 0.391. The van der Waals surface area contributed by atoms with E-state index in [1.165, 1.54) is 6.92 Å². The Morgan fingerprint density at radius 1 is 1.27 bits per heavy atom. The Kier molecular flexibility index (Phi) is 5.32. The van der Waals surface area contributed by atoms with Gasteiger partial charge in [0.25, 0.3) is 0 Å². The number of nitrogens with two attached hydrogens (primary N) is 3. The summed E-state index contributed by atoms with van der Waals surface area (Å²) in [6.07, 6.45) is 0.173. The summed E-state index contributed by atoms with van der Waals surface area (Å²) in [6.45, 7) is 1.45. The van der Waals surface area contributed by atoms with Crippen molar-refractivity contribution >= 4 is 17.7 Å². The van der Waals surface area contributed by atoms with Crippen molar-refractivity contribution in [1.82, 2.24) is 5.32 Å². The van der Waals surface area contributed by atoms with Gasteiger partial charge >= 0.3 is 0 Å². The fraction of sp³-hybridized carbons (Fsp3) is 0.625. The summed E-state index contributed by atoms with van der Waals surface area (Å²) in [5, 5.41) is 2.31. The minimum atomic E-state index is -0.862. The Morgan fingerprint density at radius 3 is 2.20 bits per heavy atom. The highest BCUT2D eigenvalue weighted by Gasteiger charge is 2.18. The number of carbonyl (C=O) groups is 3. The highest BCUT2D eigenvalue weighted by molar-refractivity contribution is 5.88.